The summed E-state index contributed by atoms with van der Waals surface area (Å²) >= 11 is 0. The van der Waals surface area contributed by atoms with Gasteiger partial charge in [-0.2, -0.15) is 0 Å². The van der Waals surface area contributed by atoms with E-state index < -0.39 is 5.60 Å². The van der Waals surface area contributed by atoms with E-state index in [0.717, 1.165) is 24.3 Å². The third-order valence-electron chi connectivity index (χ3n) is 3.15. The van der Waals surface area contributed by atoms with Gasteiger partial charge in [0.05, 0.1) is 5.69 Å². The molecule has 0 saturated carbocycles. The van der Waals surface area contributed by atoms with Crippen LogP contribution in [0.3, 0.4) is 0 Å². The number of nitrogens with zero attached hydrogens (tertiary/aromatic N) is 2. The van der Waals surface area contributed by atoms with Gasteiger partial charge in [0.1, 0.15) is 17.8 Å². The van der Waals surface area contributed by atoms with Gasteiger partial charge in [0, 0.05) is 25.8 Å². The number of carbonyl (C=O) groups excluding carboxylic acids is 1. The molecule has 5 heteroatoms. The Morgan fingerprint density at radius 3 is 2.95 bits per heavy atom. The van der Waals surface area contributed by atoms with E-state index in [0.29, 0.717) is 6.54 Å². The highest BCUT2D eigenvalue weighted by Crippen LogP contribution is 2.22. The standard InChI is InChI=1S/C15H22N3O2/c1-11-5-6-16-9-12(11)18-8-7-17-10-13(18)14(19)20-15(2,3)4/h5-6,13,17H,7-8,10H2,1-4H3. The van der Waals surface area contributed by atoms with Gasteiger partial charge in [0.25, 0.3) is 0 Å². The van der Waals surface area contributed by atoms with E-state index in [1.54, 1.807) is 6.20 Å². The zero-order valence-corrected chi connectivity index (χ0v) is 12.6. The zero-order valence-electron chi connectivity index (χ0n) is 12.6. The summed E-state index contributed by atoms with van der Waals surface area (Å²) in [6.07, 6.45) is 4.71. The van der Waals surface area contributed by atoms with Crippen molar-refractivity contribution in [3.63, 3.8) is 0 Å². The number of aromatic nitrogens is 1. The van der Waals surface area contributed by atoms with Crippen molar-refractivity contribution >= 4 is 11.7 Å². The topological polar surface area (TPSA) is 54.5 Å². The average Bonchev–Trinajstić information content (AvgIpc) is 2.37. The molecule has 1 atom stereocenters. The minimum atomic E-state index is -0.478. The second-order valence-corrected chi connectivity index (χ2v) is 6.04. The van der Waals surface area contributed by atoms with Crippen molar-refractivity contribution in [2.45, 2.75) is 39.3 Å². The minimum absolute atomic E-state index is 0.207. The minimum Gasteiger partial charge on any atom is -0.458 e. The van der Waals surface area contributed by atoms with Gasteiger partial charge in [-0.1, -0.05) is 0 Å². The molecule has 20 heavy (non-hydrogen) atoms. The Bertz CT molecular complexity index is 482. The Morgan fingerprint density at radius 1 is 1.55 bits per heavy atom. The Kier molecular flexibility index (Phi) is 4.28. The van der Waals surface area contributed by atoms with E-state index >= 15 is 0 Å². The van der Waals surface area contributed by atoms with Crippen LogP contribution in [0, 0.1) is 13.1 Å². The summed E-state index contributed by atoms with van der Waals surface area (Å²) in [6.45, 7) is 9.81. The molecule has 0 bridgehead atoms. The first-order valence-corrected chi connectivity index (χ1v) is 6.92. The predicted molar refractivity (Wildman–Crippen MR) is 77.7 cm³/mol. The summed E-state index contributed by atoms with van der Waals surface area (Å²) in [5, 5.41) is 3.24. The molecule has 0 aliphatic carbocycles. The van der Waals surface area contributed by atoms with Gasteiger partial charge in [0.2, 0.25) is 0 Å². The lowest BCUT2D eigenvalue weighted by Crippen LogP contribution is -2.56. The monoisotopic (exact) mass is 276 g/mol. The number of rotatable bonds is 2. The number of hydrogen-bond donors (Lipinski definition) is 1. The largest absolute Gasteiger partial charge is 0.458 e. The maximum Gasteiger partial charge on any atom is 0.330 e. The first-order valence-electron chi connectivity index (χ1n) is 6.92. The number of ether oxygens (including phenoxy) is 1. The highest BCUT2D eigenvalue weighted by atomic mass is 16.6. The highest BCUT2D eigenvalue weighted by Gasteiger charge is 2.33. The molecule has 0 aromatic carbocycles. The molecule has 1 aliphatic rings. The molecule has 1 fully saturated rings. The maximum absolute atomic E-state index is 12.4. The van der Waals surface area contributed by atoms with Crippen LogP contribution in [0.25, 0.3) is 0 Å². The van der Waals surface area contributed by atoms with Gasteiger partial charge in [-0.25, -0.2) is 4.79 Å². The van der Waals surface area contributed by atoms with E-state index in [-0.39, 0.29) is 12.0 Å². The Morgan fingerprint density at radius 2 is 2.30 bits per heavy atom. The number of hydrogen-bond acceptors (Lipinski definition) is 5. The van der Waals surface area contributed by atoms with Gasteiger partial charge < -0.3 is 15.0 Å². The molecule has 0 amide bonds. The van der Waals surface area contributed by atoms with Crippen LogP contribution in [-0.2, 0) is 9.53 Å². The number of nitrogens with one attached hydrogen (secondary N) is 1. The molecule has 1 saturated heterocycles. The smallest absolute Gasteiger partial charge is 0.330 e. The lowest BCUT2D eigenvalue weighted by Gasteiger charge is -2.37. The Labute approximate surface area is 120 Å². The van der Waals surface area contributed by atoms with Crippen LogP contribution in [0.4, 0.5) is 5.69 Å². The van der Waals surface area contributed by atoms with Gasteiger partial charge in [-0.3, -0.25) is 4.98 Å². The summed E-state index contributed by atoms with van der Waals surface area (Å²) in [6, 6.07) is 1.60. The van der Waals surface area contributed by atoms with Crippen molar-refractivity contribution in [1.82, 2.24) is 10.3 Å². The lowest BCUT2D eigenvalue weighted by molar-refractivity contribution is -0.156. The van der Waals surface area contributed by atoms with Gasteiger partial charge in [-0.15, -0.1) is 0 Å². The molecule has 1 aromatic rings. The average molecular weight is 276 g/mol. The van der Waals surface area contributed by atoms with Crippen LogP contribution in [-0.4, -0.2) is 42.2 Å². The van der Waals surface area contributed by atoms with Crippen molar-refractivity contribution in [2.75, 3.05) is 24.5 Å². The summed E-state index contributed by atoms with van der Waals surface area (Å²) in [5.41, 5.74) is 1.47. The molecule has 1 unspecified atom stereocenters. The normalized spacial score (nSPS) is 19.8. The third-order valence-corrected chi connectivity index (χ3v) is 3.15. The predicted octanol–water partition coefficient (Wildman–Crippen LogP) is 1.31. The van der Waals surface area contributed by atoms with E-state index in [2.05, 4.69) is 16.5 Å². The van der Waals surface area contributed by atoms with Crippen LogP contribution in [0.2, 0.25) is 0 Å². The molecule has 1 aromatic heterocycles. The van der Waals surface area contributed by atoms with Gasteiger partial charge in [0.15, 0.2) is 0 Å². The van der Waals surface area contributed by atoms with E-state index in [1.807, 2.05) is 38.7 Å². The number of piperazine rings is 1. The first-order chi connectivity index (χ1) is 9.38. The number of pyridine rings is 1. The highest BCUT2D eigenvalue weighted by molar-refractivity contribution is 5.81. The maximum atomic E-state index is 12.4. The molecule has 109 valence electrons. The number of carbonyl (C=O) groups is 1. The summed E-state index contributed by atoms with van der Waals surface area (Å²) in [7, 11) is 0. The number of aryl methyl sites for hydroxylation is 1. The van der Waals surface area contributed by atoms with Crippen LogP contribution < -0.4 is 10.2 Å². The first kappa shape index (κ1) is 14.8. The molecule has 1 radical (unpaired) electrons. The molecular weight excluding hydrogens is 254 g/mol. The second kappa shape index (κ2) is 5.79. The van der Waals surface area contributed by atoms with Crippen molar-refractivity contribution < 1.29 is 9.53 Å². The fourth-order valence-corrected chi connectivity index (χ4v) is 2.26. The van der Waals surface area contributed by atoms with Crippen LogP contribution in [0.1, 0.15) is 26.3 Å². The fraction of sp³-hybridized carbons (Fsp3) is 0.600. The van der Waals surface area contributed by atoms with Gasteiger partial charge >= 0.3 is 5.97 Å². The van der Waals surface area contributed by atoms with Crippen LogP contribution >= 0.6 is 0 Å². The second-order valence-electron chi connectivity index (χ2n) is 6.04. The summed E-state index contributed by atoms with van der Waals surface area (Å²) < 4.78 is 5.51. The molecule has 5 nitrogen and oxygen atoms in total. The fourth-order valence-electron chi connectivity index (χ4n) is 2.26. The van der Waals surface area contributed by atoms with Crippen molar-refractivity contribution in [3.8, 4) is 0 Å². The van der Waals surface area contributed by atoms with E-state index in [4.69, 9.17) is 4.74 Å². The van der Waals surface area contributed by atoms with Gasteiger partial charge in [-0.05, 0) is 39.3 Å². The third kappa shape index (κ3) is 3.48. The SMILES string of the molecule is Cc1ccn[c]c1N1CCNCC1C(=O)OC(C)(C)C. The van der Waals surface area contributed by atoms with Crippen LogP contribution in [0.15, 0.2) is 12.3 Å². The molecule has 2 rings (SSSR count). The summed E-state index contributed by atoms with van der Waals surface area (Å²) in [5.74, 6) is -0.207. The Hall–Kier alpha value is -1.62. The molecular formula is C15H22N3O2. The quantitative estimate of drug-likeness (QED) is 0.825. The molecule has 2 heterocycles. The molecule has 1 aliphatic heterocycles. The van der Waals surface area contributed by atoms with Crippen molar-refractivity contribution in [3.05, 3.63) is 24.0 Å². The zero-order chi connectivity index (χ0) is 14.8. The van der Waals surface area contributed by atoms with E-state index in [9.17, 15) is 4.79 Å². The molecule has 1 N–H and O–H groups in total. The summed E-state index contributed by atoms with van der Waals surface area (Å²) in [4.78, 5) is 18.5. The van der Waals surface area contributed by atoms with Crippen LogP contribution in [0.5, 0.6) is 0 Å². The number of anilines is 1. The van der Waals surface area contributed by atoms with Crippen molar-refractivity contribution in [1.29, 1.82) is 0 Å². The molecule has 0 spiro atoms. The van der Waals surface area contributed by atoms with E-state index in [1.165, 1.54) is 0 Å². The number of esters is 1. The Balaban J connectivity index is 2.22. The lowest BCUT2D eigenvalue weighted by atomic mass is 10.1. The van der Waals surface area contributed by atoms with Crippen molar-refractivity contribution in [2.24, 2.45) is 0 Å².